The molecule has 0 bridgehead atoms. The first kappa shape index (κ1) is 49.6. The highest BCUT2D eigenvalue weighted by Crippen LogP contribution is 2.40. The number of carbonyl (C=O) groups is 1. The molecule has 6 aromatic rings. The van der Waals surface area contributed by atoms with Crippen LogP contribution < -0.4 is 29.6 Å². The molecule has 0 amide bonds. The lowest BCUT2D eigenvalue weighted by molar-refractivity contribution is -0.140. The highest BCUT2D eigenvalue weighted by molar-refractivity contribution is 9.11. The molecule has 6 rings (SSSR count). The minimum absolute atomic E-state index is 0.00635. The summed E-state index contributed by atoms with van der Waals surface area (Å²) < 4.78 is 26.5. The van der Waals surface area contributed by atoms with Gasteiger partial charge in [0.25, 0.3) is 0 Å². The van der Waals surface area contributed by atoms with Crippen LogP contribution >= 0.6 is 55.1 Å². The summed E-state index contributed by atoms with van der Waals surface area (Å²) in [4.78, 5) is 19.8. The molecule has 0 radical (unpaired) electrons. The van der Waals surface area contributed by atoms with E-state index in [-0.39, 0.29) is 50.6 Å². The number of halogens is 4. The Bertz CT molecular complexity index is 2770. The van der Waals surface area contributed by atoms with Gasteiger partial charge in [0.1, 0.15) is 67.6 Å². The minimum atomic E-state index is -1.22. The van der Waals surface area contributed by atoms with Gasteiger partial charge in [0.05, 0.1) is 34.4 Å². The van der Waals surface area contributed by atoms with Gasteiger partial charge in [0.2, 0.25) is 0 Å². The number of hydrogen-bond acceptors (Lipinski definition) is 13. The molecular formula is C48H42Br2Cl2N6O8. The summed E-state index contributed by atoms with van der Waals surface area (Å²) in [6.45, 7) is 2.00. The van der Waals surface area contributed by atoms with Crippen molar-refractivity contribution in [2.75, 3.05) is 13.2 Å². The van der Waals surface area contributed by atoms with E-state index in [1.54, 1.807) is 48.8 Å². The largest absolute Gasteiger partial charge is 0.488 e. The Morgan fingerprint density at radius 3 is 1.53 bits per heavy atom. The fourth-order valence-corrected chi connectivity index (χ4v) is 8.08. The molecule has 5 N–H and O–H groups in total. The first-order valence-corrected chi connectivity index (χ1v) is 22.6. The van der Waals surface area contributed by atoms with E-state index < -0.39 is 18.6 Å². The van der Waals surface area contributed by atoms with Crippen molar-refractivity contribution in [1.82, 2.24) is 20.6 Å². The second-order valence-corrected chi connectivity index (χ2v) is 17.2. The first-order chi connectivity index (χ1) is 31.9. The summed E-state index contributed by atoms with van der Waals surface area (Å²) >= 11 is 21.1. The number of rotatable bonds is 22. The van der Waals surface area contributed by atoms with Crippen molar-refractivity contribution in [3.8, 4) is 46.3 Å². The molecule has 2 atom stereocenters. The zero-order valence-corrected chi connectivity index (χ0v) is 39.9. The maximum absolute atomic E-state index is 11.6. The fourth-order valence-electron chi connectivity index (χ4n) is 6.42. The number of hydrogen-bond donors (Lipinski definition) is 5. The van der Waals surface area contributed by atoms with E-state index in [2.05, 4.69) is 64.6 Å². The normalized spacial score (nSPS) is 11.8. The lowest BCUT2D eigenvalue weighted by Crippen LogP contribution is -2.39. The van der Waals surface area contributed by atoms with E-state index in [0.717, 1.165) is 36.8 Å². The molecule has 2 aromatic heterocycles. The van der Waals surface area contributed by atoms with Crippen LogP contribution in [0.5, 0.6) is 23.0 Å². The molecule has 4 aromatic carbocycles. The van der Waals surface area contributed by atoms with Gasteiger partial charge in [0, 0.05) is 98.4 Å². The van der Waals surface area contributed by atoms with Crippen molar-refractivity contribution in [2.24, 2.45) is 0 Å². The van der Waals surface area contributed by atoms with Crippen LogP contribution in [0.15, 0.2) is 107 Å². The highest BCUT2D eigenvalue weighted by atomic mass is 79.9. The van der Waals surface area contributed by atoms with E-state index in [9.17, 15) is 30.6 Å². The number of ether oxygens (including phenoxy) is 4. The maximum Gasteiger partial charge on any atom is 0.323 e. The highest BCUT2D eigenvalue weighted by Gasteiger charge is 2.20. The number of nitriles is 2. The summed E-state index contributed by atoms with van der Waals surface area (Å²) in [5.74, 6) is 0.327. The number of carboxylic acids is 1. The van der Waals surface area contributed by atoms with Gasteiger partial charge in [-0.3, -0.25) is 20.1 Å². The summed E-state index contributed by atoms with van der Waals surface area (Å²) in [5, 5.41) is 53.9. The van der Waals surface area contributed by atoms with Crippen molar-refractivity contribution >= 4 is 61.0 Å². The predicted molar refractivity (Wildman–Crippen MR) is 254 cm³/mol. The number of benzene rings is 4. The third-order valence-corrected chi connectivity index (χ3v) is 12.5. The maximum atomic E-state index is 11.6. The number of carboxylic acid groups (broad SMARTS) is 1. The van der Waals surface area contributed by atoms with Crippen LogP contribution in [0.1, 0.15) is 51.4 Å². The Hall–Kier alpha value is -5.79. The lowest BCUT2D eigenvalue weighted by atomic mass is 10.0. The van der Waals surface area contributed by atoms with Gasteiger partial charge >= 0.3 is 5.97 Å². The summed E-state index contributed by atoms with van der Waals surface area (Å²) in [5.41, 5.74) is 6.77. The molecule has 2 unspecified atom stereocenters. The van der Waals surface area contributed by atoms with Crippen molar-refractivity contribution < 1.29 is 39.1 Å². The predicted octanol–water partition coefficient (Wildman–Crippen LogP) is 9.04. The molecular weight excluding hydrogens is 1020 g/mol. The summed E-state index contributed by atoms with van der Waals surface area (Å²) in [7, 11) is 0. The molecule has 0 saturated heterocycles. The van der Waals surface area contributed by atoms with E-state index >= 15 is 0 Å². The monoisotopic (exact) mass is 1060 g/mol. The van der Waals surface area contributed by atoms with Crippen LogP contribution in [-0.2, 0) is 44.3 Å². The molecule has 2 heterocycles. The molecule has 0 aliphatic carbocycles. The van der Waals surface area contributed by atoms with Crippen LogP contribution in [-0.4, -0.2) is 56.6 Å². The fraction of sp³-hybridized carbons (Fsp3) is 0.229. The topological polar surface area (TPSA) is 212 Å². The minimum Gasteiger partial charge on any atom is -0.488 e. The number of aliphatic carboxylic acids is 1. The number of pyridine rings is 2. The molecule has 340 valence electrons. The van der Waals surface area contributed by atoms with Gasteiger partial charge in [-0.25, -0.2) is 0 Å². The second kappa shape index (κ2) is 24.1. The molecule has 14 nitrogen and oxygen atoms in total. The van der Waals surface area contributed by atoms with Crippen LogP contribution in [0.4, 0.5) is 0 Å². The molecule has 0 aliphatic heterocycles. The Morgan fingerprint density at radius 1 is 0.652 bits per heavy atom. The van der Waals surface area contributed by atoms with Crippen LogP contribution in [0, 0.1) is 22.7 Å². The Labute approximate surface area is 407 Å². The van der Waals surface area contributed by atoms with E-state index in [4.69, 9.17) is 42.1 Å². The molecule has 0 aliphatic rings. The second-order valence-electron chi connectivity index (χ2n) is 14.8. The van der Waals surface area contributed by atoms with Gasteiger partial charge in [-0.15, -0.1) is 0 Å². The van der Waals surface area contributed by atoms with Gasteiger partial charge < -0.3 is 39.6 Å². The van der Waals surface area contributed by atoms with Crippen LogP contribution in [0.2, 0.25) is 10.0 Å². The van der Waals surface area contributed by atoms with Crippen LogP contribution in [0.25, 0.3) is 11.1 Å². The third-order valence-electron chi connectivity index (χ3n) is 10.0. The number of aliphatic hydroxyl groups excluding tert-OH is 2. The van der Waals surface area contributed by atoms with Crippen molar-refractivity contribution in [3.63, 3.8) is 0 Å². The van der Waals surface area contributed by atoms with Crippen molar-refractivity contribution in [2.45, 2.75) is 58.5 Å². The lowest BCUT2D eigenvalue weighted by Gasteiger charge is -2.19. The summed E-state index contributed by atoms with van der Waals surface area (Å²) in [6.07, 6.45) is 6.13. The van der Waals surface area contributed by atoms with E-state index in [1.165, 1.54) is 12.4 Å². The Morgan fingerprint density at radius 2 is 1.11 bits per heavy atom. The molecule has 66 heavy (non-hydrogen) atoms. The standard InChI is InChI=1S/C48H42Br2Cl2N6O8/c1-28(22-59)57-20-35-10-39(51)44(12-42(35)63-24-31-8-29(14-53)16-55-18-31)65-26-33-4-2-6-37(46(33)49)38-7-3-5-34(47(38)50)27-66-45-13-43(64-25-32-9-30(15-54)17-56-19-32)36(11-40(45)52)21-58-41(23-60)48(61)62/h2-13,16-19,28,41,57-60H,20-27H2,1H3,(H,61,62). The van der Waals surface area contributed by atoms with Gasteiger partial charge in [0.15, 0.2) is 0 Å². The Balaban J connectivity index is 1.20. The number of nitrogens with one attached hydrogen (secondary N) is 2. The van der Waals surface area contributed by atoms with Crippen molar-refractivity contribution in [3.05, 3.63) is 161 Å². The zero-order valence-electron chi connectivity index (χ0n) is 35.2. The van der Waals surface area contributed by atoms with E-state index in [0.29, 0.717) is 62.4 Å². The first-order valence-electron chi connectivity index (χ1n) is 20.2. The van der Waals surface area contributed by atoms with Gasteiger partial charge in [-0.2, -0.15) is 10.5 Å². The van der Waals surface area contributed by atoms with Crippen molar-refractivity contribution in [1.29, 1.82) is 10.5 Å². The van der Waals surface area contributed by atoms with Gasteiger partial charge in [-0.05, 0) is 74.2 Å². The molecule has 18 heteroatoms. The molecule has 0 spiro atoms. The number of aliphatic hydroxyl groups is 2. The third kappa shape index (κ3) is 13.2. The number of aromatic nitrogens is 2. The average molecular weight is 1060 g/mol. The smallest absolute Gasteiger partial charge is 0.323 e. The van der Waals surface area contributed by atoms with Gasteiger partial charge in [-0.1, -0.05) is 59.6 Å². The zero-order chi connectivity index (χ0) is 47.2. The average Bonchev–Trinajstić information content (AvgIpc) is 3.32. The Kier molecular flexibility index (Phi) is 18.1. The van der Waals surface area contributed by atoms with E-state index in [1.807, 2.05) is 43.3 Å². The number of nitrogens with zero attached hydrogens (tertiary/aromatic N) is 4. The van der Waals surface area contributed by atoms with Crippen LogP contribution in [0.3, 0.4) is 0 Å². The molecule has 0 saturated carbocycles. The quantitative estimate of drug-likeness (QED) is 0.0430. The molecule has 0 fully saturated rings. The SMILES string of the molecule is CC(CO)NCc1cc(Cl)c(OCc2cccc(-c3cccc(COc4cc(OCc5cncc(C#N)c5)c(CNC(CO)C(=O)O)cc4Cl)c3Br)c2Br)cc1OCc1cncc(C#N)c1. The summed E-state index contributed by atoms with van der Waals surface area (Å²) in [6, 6.07) is 24.5.